The first kappa shape index (κ1) is 19.4. The van der Waals surface area contributed by atoms with Crippen LogP contribution in [-0.2, 0) is 4.79 Å². The third-order valence-electron chi connectivity index (χ3n) is 4.59. The highest BCUT2D eigenvalue weighted by atomic mass is 16.5. The summed E-state index contributed by atoms with van der Waals surface area (Å²) in [5, 5.41) is 11.0. The number of piperazine rings is 1. The van der Waals surface area contributed by atoms with Crippen molar-refractivity contribution in [2.75, 3.05) is 50.6 Å². The molecule has 0 bridgehead atoms. The summed E-state index contributed by atoms with van der Waals surface area (Å²) in [7, 11) is 3.08. The number of ether oxygens (including phenoxy) is 2. The number of amides is 2. The number of methoxy groups -OCH3 is 2. The molecule has 9 nitrogen and oxygen atoms in total. The number of nitrogens with one attached hydrogen (secondary N) is 1. The summed E-state index contributed by atoms with van der Waals surface area (Å²) < 4.78 is 10.4. The second-order valence-corrected chi connectivity index (χ2v) is 6.29. The fourth-order valence-electron chi connectivity index (χ4n) is 2.96. The summed E-state index contributed by atoms with van der Waals surface area (Å²) in [4.78, 5) is 27.8. The van der Waals surface area contributed by atoms with Gasteiger partial charge >= 0.3 is 0 Å². The van der Waals surface area contributed by atoms with Crippen LogP contribution in [0, 0.1) is 0 Å². The molecule has 1 aromatic heterocycles. The van der Waals surface area contributed by atoms with E-state index < -0.39 is 5.91 Å². The molecule has 0 unspecified atom stereocenters. The van der Waals surface area contributed by atoms with Gasteiger partial charge in [-0.3, -0.25) is 9.59 Å². The van der Waals surface area contributed by atoms with E-state index in [9.17, 15) is 9.59 Å². The lowest BCUT2D eigenvalue weighted by molar-refractivity contribution is -0.129. The van der Waals surface area contributed by atoms with Crippen LogP contribution in [0.2, 0.25) is 0 Å². The van der Waals surface area contributed by atoms with Crippen molar-refractivity contribution >= 4 is 23.3 Å². The Balaban J connectivity index is 1.67. The summed E-state index contributed by atoms with van der Waals surface area (Å²) in [5.41, 5.74) is 0.675. The number of nitrogens with zero attached hydrogens (tertiary/aromatic N) is 4. The Morgan fingerprint density at radius 1 is 1.00 bits per heavy atom. The second-order valence-electron chi connectivity index (χ2n) is 6.29. The molecule has 0 aliphatic carbocycles. The first-order valence-electron chi connectivity index (χ1n) is 8.89. The molecule has 0 atom stereocenters. The van der Waals surface area contributed by atoms with Gasteiger partial charge in [-0.1, -0.05) is 0 Å². The van der Waals surface area contributed by atoms with Crippen LogP contribution < -0.4 is 19.7 Å². The Hall–Kier alpha value is -3.36. The Labute approximate surface area is 163 Å². The van der Waals surface area contributed by atoms with Crippen LogP contribution in [0.5, 0.6) is 11.5 Å². The third kappa shape index (κ3) is 4.30. The zero-order chi connectivity index (χ0) is 20.1. The molecule has 1 aliphatic heterocycles. The monoisotopic (exact) mass is 385 g/mol. The highest BCUT2D eigenvalue weighted by molar-refractivity contribution is 6.03. The van der Waals surface area contributed by atoms with Crippen LogP contribution in [0.1, 0.15) is 17.4 Å². The minimum Gasteiger partial charge on any atom is -0.497 e. The lowest BCUT2D eigenvalue weighted by Gasteiger charge is -2.34. The highest BCUT2D eigenvalue weighted by Gasteiger charge is 2.20. The van der Waals surface area contributed by atoms with Gasteiger partial charge in [0.2, 0.25) is 5.91 Å². The average Bonchev–Trinajstić information content (AvgIpc) is 2.73. The highest BCUT2D eigenvalue weighted by Crippen LogP contribution is 2.29. The fourth-order valence-corrected chi connectivity index (χ4v) is 2.96. The van der Waals surface area contributed by atoms with E-state index >= 15 is 0 Å². The summed E-state index contributed by atoms with van der Waals surface area (Å²) in [5.74, 6) is 1.47. The van der Waals surface area contributed by atoms with E-state index in [2.05, 4.69) is 15.5 Å². The van der Waals surface area contributed by atoms with Crippen LogP contribution in [0.25, 0.3) is 0 Å². The van der Waals surface area contributed by atoms with Crippen molar-refractivity contribution in [1.82, 2.24) is 15.1 Å². The van der Waals surface area contributed by atoms with Gasteiger partial charge in [0.25, 0.3) is 5.91 Å². The van der Waals surface area contributed by atoms with Crippen molar-refractivity contribution in [3.63, 3.8) is 0 Å². The van der Waals surface area contributed by atoms with Crippen molar-refractivity contribution in [2.24, 2.45) is 0 Å². The van der Waals surface area contributed by atoms with E-state index in [1.54, 1.807) is 49.3 Å². The smallest absolute Gasteiger partial charge is 0.276 e. The number of anilines is 2. The molecular formula is C19H23N5O4. The molecule has 2 aromatic rings. The standard InChI is InChI=1S/C19H23N5O4/c1-13(25)23-8-10-24(11-9-23)18-7-5-15(21-22-18)19(26)20-16-12-14(27-2)4-6-17(16)28-3/h4-7,12H,8-11H2,1-3H3,(H,20,26). The number of benzene rings is 1. The molecule has 0 radical (unpaired) electrons. The average molecular weight is 385 g/mol. The van der Waals surface area contributed by atoms with E-state index in [0.717, 1.165) is 0 Å². The molecule has 2 amide bonds. The number of carbonyl (C=O) groups is 2. The number of aromatic nitrogens is 2. The van der Waals surface area contributed by atoms with E-state index in [-0.39, 0.29) is 11.6 Å². The molecule has 1 aromatic carbocycles. The lowest BCUT2D eigenvalue weighted by Crippen LogP contribution is -2.48. The maximum Gasteiger partial charge on any atom is 0.276 e. The van der Waals surface area contributed by atoms with Crippen LogP contribution in [0.3, 0.4) is 0 Å². The molecule has 0 saturated carbocycles. The van der Waals surface area contributed by atoms with Crippen LogP contribution in [0.15, 0.2) is 30.3 Å². The zero-order valence-electron chi connectivity index (χ0n) is 16.1. The quantitative estimate of drug-likeness (QED) is 0.831. The number of rotatable bonds is 5. The summed E-state index contributed by atoms with van der Waals surface area (Å²) >= 11 is 0. The fraction of sp³-hybridized carbons (Fsp3) is 0.368. The Bertz CT molecular complexity index is 848. The molecule has 2 heterocycles. The minimum atomic E-state index is -0.396. The maximum atomic E-state index is 12.5. The molecule has 1 aliphatic rings. The van der Waals surface area contributed by atoms with E-state index in [4.69, 9.17) is 9.47 Å². The Morgan fingerprint density at radius 3 is 2.32 bits per heavy atom. The molecule has 9 heteroatoms. The van der Waals surface area contributed by atoms with Crippen molar-refractivity contribution < 1.29 is 19.1 Å². The molecule has 1 N–H and O–H groups in total. The van der Waals surface area contributed by atoms with Crippen molar-refractivity contribution in [3.8, 4) is 11.5 Å². The number of hydrogen-bond donors (Lipinski definition) is 1. The molecule has 148 valence electrons. The number of carbonyl (C=O) groups excluding carboxylic acids is 2. The summed E-state index contributed by atoms with van der Waals surface area (Å²) in [6.07, 6.45) is 0. The lowest BCUT2D eigenvalue weighted by atomic mass is 10.2. The third-order valence-corrected chi connectivity index (χ3v) is 4.59. The van der Waals surface area contributed by atoms with Gasteiger partial charge in [-0.15, -0.1) is 10.2 Å². The predicted octanol–water partition coefficient (Wildman–Crippen LogP) is 1.41. The molecule has 1 saturated heterocycles. The minimum absolute atomic E-state index is 0.0747. The summed E-state index contributed by atoms with van der Waals surface area (Å²) in [6.45, 7) is 4.23. The topological polar surface area (TPSA) is 96.9 Å². The Kier molecular flexibility index (Phi) is 5.93. The van der Waals surface area contributed by atoms with Gasteiger partial charge in [-0.05, 0) is 24.3 Å². The van der Waals surface area contributed by atoms with Crippen molar-refractivity contribution in [2.45, 2.75) is 6.92 Å². The van der Waals surface area contributed by atoms with Crippen LogP contribution in [-0.4, -0.2) is 67.3 Å². The van der Waals surface area contributed by atoms with Crippen molar-refractivity contribution in [3.05, 3.63) is 36.0 Å². The zero-order valence-corrected chi connectivity index (χ0v) is 16.1. The molecule has 28 heavy (non-hydrogen) atoms. The second kappa shape index (κ2) is 8.55. The van der Waals surface area contributed by atoms with Gasteiger partial charge < -0.3 is 24.6 Å². The number of hydrogen-bond acceptors (Lipinski definition) is 7. The van der Waals surface area contributed by atoms with Gasteiger partial charge in [0.1, 0.15) is 11.5 Å². The van der Waals surface area contributed by atoms with Gasteiger partial charge in [-0.2, -0.15) is 0 Å². The van der Waals surface area contributed by atoms with Gasteiger partial charge in [0.15, 0.2) is 11.5 Å². The molecule has 3 rings (SSSR count). The molecule has 0 spiro atoms. The van der Waals surface area contributed by atoms with E-state index in [0.29, 0.717) is 49.2 Å². The summed E-state index contributed by atoms with van der Waals surface area (Å²) in [6, 6.07) is 8.52. The van der Waals surface area contributed by atoms with Crippen LogP contribution in [0.4, 0.5) is 11.5 Å². The maximum absolute atomic E-state index is 12.5. The largest absolute Gasteiger partial charge is 0.497 e. The molecule has 1 fully saturated rings. The van der Waals surface area contributed by atoms with E-state index in [1.165, 1.54) is 7.11 Å². The predicted molar refractivity (Wildman–Crippen MR) is 104 cm³/mol. The van der Waals surface area contributed by atoms with Gasteiger partial charge in [-0.25, -0.2) is 0 Å². The van der Waals surface area contributed by atoms with Gasteiger partial charge in [0.05, 0.1) is 19.9 Å². The van der Waals surface area contributed by atoms with Crippen LogP contribution >= 0.6 is 0 Å². The first-order valence-corrected chi connectivity index (χ1v) is 8.89. The Morgan fingerprint density at radius 2 is 1.75 bits per heavy atom. The van der Waals surface area contributed by atoms with E-state index in [1.807, 2.05) is 4.90 Å². The van der Waals surface area contributed by atoms with Crippen molar-refractivity contribution in [1.29, 1.82) is 0 Å². The normalized spacial score (nSPS) is 13.8. The molecular weight excluding hydrogens is 362 g/mol. The first-order chi connectivity index (χ1) is 13.5. The SMILES string of the molecule is COc1ccc(OC)c(NC(=O)c2ccc(N3CCN(C(C)=O)CC3)nn2)c1. The van der Waals surface area contributed by atoms with Gasteiger partial charge in [0, 0.05) is 39.2 Å².